The van der Waals surface area contributed by atoms with E-state index in [1.54, 1.807) is 6.20 Å². The molecule has 0 spiro atoms. The van der Waals surface area contributed by atoms with Gasteiger partial charge in [0.2, 0.25) is 0 Å². The van der Waals surface area contributed by atoms with Gasteiger partial charge in [-0.15, -0.1) is 0 Å². The second kappa shape index (κ2) is 5.32. The van der Waals surface area contributed by atoms with Gasteiger partial charge in [-0.1, -0.05) is 26.0 Å². The van der Waals surface area contributed by atoms with Crippen LogP contribution in [-0.4, -0.2) is 4.98 Å². The molecule has 0 fully saturated rings. The number of hydrogen-bond donors (Lipinski definition) is 1. The molecule has 0 aliphatic rings. The fourth-order valence-corrected chi connectivity index (χ4v) is 1.78. The Morgan fingerprint density at radius 1 is 1.06 bits per heavy atom. The standard InChI is InChI=1S/C14H15BrN2/c1-10(2)11-3-6-13(7-4-11)17-14-8-5-12(15)9-16-14/h3-10H,1-2H3,(H,16,17). The molecule has 17 heavy (non-hydrogen) atoms. The summed E-state index contributed by atoms with van der Waals surface area (Å²) in [5.74, 6) is 1.42. The molecule has 0 saturated heterocycles. The van der Waals surface area contributed by atoms with Crippen molar-refractivity contribution in [1.82, 2.24) is 4.98 Å². The van der Waals surface area contributed by atoms with Gasteiger partial charge in [0.25, 0.3) is 0 Å². The molecule has 1 aromatic heterocycles. The van der Waals surface area contributed by atoms with E-state index in [1.165, 1.54) is 5.56 Å². The number of benzene rings is 1. The van der Waals surface area contributed by atoms with Crippen LogP contribution in [0, 0.1) is 0 Å². The van der Waals surface area contributed by atoms with Gasteiger partial charge in [-0.2, -0.15) is 0 Å². The van der Waals surface area contributed by atoms with Gasteiger partial charge in [-0.3, -0.25) is 0 Å². The predicted molar refractivity (Wildman–Crippen MR) is 75.8 cm³/mol. The maximum Gasteiger partial charge on any atom is 0.130 e. The summed E-state index contributed by atoms with van der Waals surface area (Å²) in [6.45, 7) is 4.39. The zero-order chi connectivity index (χ0) is 12.3. The van der Waals surface area contributed by atoms with Crippen LogP contribution in [0.3, 0.4) is 0 Å². The molecule has 0 bridgehead atoms. The first kappa shape index (κ1) is 12.1. The number of nitrogens with one attached hydrogen (secondary N) is 1. The Morgan fingerprint density at radius 3 is 2.29 bits per heavy atom. The van der Waals surface area contributed by atoms with E-state index >= 15 is 0 Å². The molecule has 1 heterocycles. The molecule has 2 aromatic rings. The van der Waals surface area contributed by atoms with E-state index in [0.717, 1.165) is 16.0 Å². The van der Waals surface area contributed by atoms with Crippen LogP contribution in [0.4, 0.5) is 11.5 Å². The van der Waals surface area contributed by atoms with Crippen LogP contribution in [0.2, 0.25) is 0 Å². The van der Waals surface area contributed by atoms with Crippen molar-refractivity contribution in [2.24, 2.45) is 0 Å². The minimum absolute atomic E-state index is 0.565. The highest BCUT2D eigenvalue weighted by Crippen LogP contribution is 2.20. The van der Waals surface area contributed by atoms with Crippen molar-refractivity contribution in [2.75, 3.05) is 5.32 Å². The Labute approximate surface area is 110 Å². The predicted octanol–water partition coefficient (Wildman–Crippen LogP) is 4.71. The van der Waals surface area contributed by atoms with Crippen molar-refractivity contribution >= 4 is 27.4 Å². The molecule has 0 aliphatic carbocycles. The van der Waals surface area contributed by atoms with Crippen LogP contribution < -0.4 is 5.32 Å². The second-order valence-corrected chi connectivity index (χ2v) is 5.18. The van der Waals surface area contributed by atoms with Crippen LogP contribution >= 0.6 is 15.9 Å². The summed E-state index contributed by atoms with van der Waals surface area (Å²) >= 11 is 3.37. The number of halogens is 1. The summed E-state index contributed by atoms with van der Waals surface area (Å²) in [5.41, 5.74) is 2.41. The van der Waals surface area contributed by atoms with Gasteiger partial charge in [0, 0.05) is 16.4 Å². The molecule has 0 saturated carbocycles. The van der Waals surface area contributed by atoms with Crippen LogP contribution in [-0.2, 0) is 0 Å². The number of hydrogen-bond acceptors (Lipinski definition) is 2. The Balaban J connectivity index is 2.11. The third kappa shape index (κ3) is 3.30. The molecule has 1 aromatic carbocycles. The van der Waals surface area contributed by atoms with E-state index in [4.69, 9.17) is 0 Å². The lowest BCUT2D eigenvalue weighted by Gasteiger charge is -2.08. The van der Waals surface area contributed by atoms with Gasteiger partial charge < -0.3 is 5.32 Å². The molecule has 2 nitrogen and oxygen atoms in total. The van der Waals surface area contributed by atoms with E-state index in [0.29, 0.717) is 5.92 Å². The van der Waals surface area contributed by atoms with Gasteiger partial charge >= 0.3 is 0 Å². The van der Waals surface area contributed by atoms with Crippen molar-refractivity contribution in [2.45, 2.75) is 19.8 Å². The highest BCUT2D eigenvalue weighted by molar-refractivity contribution is 9.10. The molecular weight excluding hydrogens is 276 g/mol. The first-order valence-corrected chi connectivity index (χ1v) is 6.43. The lowest BCUT2D eigenvalue weighted by molar-refractivity contribution is 0.867. The smallest absolute Gasteiger partial charge is 0.130 e. The van der Waals surface area contributed by atoms with Crippen molar-refractivity contribution in [3.8, 4) is 0 Å². The molecule has 2 rings (SSSR count). The highest BCUT2D eigenvalue weighted by atomic mass is 79.9. The van der Waals surface area contributed by atoms with E-state index in [1.807, 2.05) is 12.1 Å². The van der Waals surface area contributed by atoms with Crippen molar-refractivity contribution in [3.05, 3.63) is 52.6 Å². The summed E-state index contributed by atoms with van der Waals surface area (Å²) in [6, 6.07) is 12.4. The van der Waals surface area contributed by atoms with Crippen molar-refractivity contribution in [3.63, 3.8) is 0 Å². The Morgan fingerprint density at radius 2 is 1.76 bits per heavy atom. The zero-order valence-electron chi connectivity index (χ0n) is 9.94. The largest absolute Gasteiger partial charge is 0.340 e. The third-order valence-corrected chi connectivity index (χ3v) is 3.05. The quantitative estimate of drug-likeness (QED) is 0.885. The van der Waals surface area contributed by atoms with Crippen LogP contribution in [0.15, 0.2) is 47.1 Å². The minimum atomic E-state index is 0.565. The van der Waals surface area contributed by atoms with Gasteiger partial charge in [0.1, 0.15) is 5.82 Å². The SMILES string of the molecule is CC(C)c1ccc(Nc2ccc(Br)cn2)cc1. The van der Waals surface area contributed by atoms with Crippen LogP contribution in [0.25, 0.3) is 0 Å². The highest BCUT2D eigenvalue weighted by Gasteiger charge is 1.99. The average molecular weight is 291 g/mol. The summed E-state index contributed by atoms with van der Waals surface area (Å²) in [5, 5.41) is 3.27. The molecule has 88 valence electrons. The maximum atomic E-state index is 4.27. The Kier molecular flexibility index (Phi) is 3.79. The van der Waals surface area contributed by atoms with Gasteiger partial charge in [0.15, 0.2) is 0 Å². The summed E-state index contributed by atoms with van der Waals surface area (Å²) in [6.07, 6.45) is 1.78. The van der Waals surface area contributed by atoms with E-state index in [-0.39, 0.29) is 0 Å². The van der Waals surface area contributed by atoms with E-state index in [9.17, 15) is 0 Å². The second-order valence-electron chi connectivity index (χ2n) is 4.26. The van der Waals surface area contributed by atoms with Gasteiger partial charge in [-0.25, -0.2) is 4.98 Å². The van der Waals surface area contributed by atoms with E-state index in [2.05, 4.69) is 64.3 Å². The fraction of sp³-hybridized carbons (Fsp3) is 0.214. The molecule has 0 atom stereocenters. The number of anilines is 2. The molecule has 0 amide bonds. The number of pyridine rings is 1. The lowest BCUT2D eigenvalue weighted by atomic mass is 10.0. The average Bonchev–Trinajstić information content (AvgIpc) is 2.33. The van der Waals surface area contributed by atoms with Gasteiger partial charge in [-0.05, 0) is 51.7 Å². The maximum absolute atomic E-state index is 4.27. The molecule has 1 N–H and O–H groups in total. The number of rotatable bonds is 3. The summed E-state index contributed by atoms with van der Waals surface area (Å²) < 4.78 is 0.984. The van der Waals surface area contributed by atoms with Crippen LogP contribution in [0.5, 0.6) is 0 Å². The lowest BCUT2D eigenvalue weighted by Crippen LogP contribution is -1.93. The topological polar surface area (TPSA) is 24.9 Å². The van der Waals surface area contributed by atoms with Crippen molar-refractivity contribution < 1.29 is 0 Å². The molecular formula is C14H15BrN2. The molecule has 0 radical (unpaired) electrons. The minimum Gasteiger partial charge on any atom is -0.340 e. The summed E-state index contributed by atoms with van der Waals surface area (Å²) in [7, 11) is 0. The summed E-state index contributed by atoms with van der Waals surface area (Å²) in [4.78, 5) is 4.27. The molecule has 0 aliphatic heterocycles. The monoisotopic (exact) mass is 290 g/mol. The van der Waals surface area contributed by atoms with Crippen LogP contribution in [0.1, 0.15) is 25.3 Å². The molecule has 0 unspecified atom stereocenters. The number of nitrogens with zero attached hydrogens (tertiary/aromatic N) is 1. The third-order valence-electron chi connectivity index (χ3n) is 2.58. The van der Waals surface area contributed by atoms with Gasteiger partial charge in [0.05, 0.1) is 0 Å². The van der Waals surface area contributed by atoms with E-state index < -0.39 is 0 Å². The Bertz CT molecular complexity index is 475. The molecule has 3 heteroatoms. The normalized spacial score (nSPS) is 10.6. The first-order chi connectivity index (χ1) is 8.15. The Hall–Kier alpha value is -1.35. The first-order valence-electron chi connectivity index (χ1n) is 5.63. The number of aromatic nitrogens is 1. The van der Waals surface area contributed by atoms with Crippen molar-refractivity contribution in [1.29, 1.82) is 0 Å². The fourth-order valence-electron chi connectivity index (χ4n) is 1.55. The zero-order valence-corrected chi connectivity index (χ0v) is 11.5.